The summed E-state index contributed by atoms with van der Waals surface area (Å²) < 4.78 is 28.4. The molecule has 5 N–H and O–H groups in total. The number of nitrogen functional groups attached to an aromatic ring is 1. The van der Waals surface area contributed by atoms with E-state index in [1.807, 2.05) is 0 Å². The zero-order chi connectivity index (χ0) is 26.2. The molecule has 10 nitrogen and oxygen atoms in total. The summed E-state index contributed by atoms with van der Waals surface area (Å²) in [5, 5.41) is 2.73. The smallest absolute Gasteiger partial charge is 0.273 e. The van der Waals surface area contributed by atoms with Gasteiger partial charge >= 0.3 is 0 Å². The van der Waals surface area contributed by atoms with Gasteiger partial charge in [0.15, 0.2) is 5.69 Å². The normalized spacial score (nSPS) is 11.5. The predicted octanol–water partition coefficient (Wildman–Crippen LogP) is 2.51. The number of hydrogen-bond acceptors (Lipinski definition) is 8. The van der Waals surface area contributed by atoms with E-state index in [1.165, 1.54) is 36.3 Å². The number of methoxy groups -OCH3 is 1. The molecule has 36 heavy (non-hydrogen) atoms. The standard InChI is InChI=1S/C24H26FN5O5S/c1-3-35-17-7-5-4-6-16(17)30(24(33)21-18(26)19(22(27)31)29-36-21)20(23(32)28-12-13-34-2)14-8-10-15(25)11-9-14/h4-11,20H,3,12-13,26H2,1-2H3,(H2,27,31)(H,28,32). The first-order valence-corrected chi connectivity index (χ1v) is 11.7. The van der Waals surface area contributed by atoms with Gasteiger partial charge < -0.3 is 26.3 Å². The first-order valence-electron chi connectivity index (χ1n) is 10.9. The molecule has 0 aliphatic rings. The average Bonchev–Trinajstić information content (AvgIpc) is 3.25. The number of aromatic nitrogens is 1. The number of rotatable bonds is 11. The largest absolute Gasteiger partial charge is 0.492 e. The van der Waals surface area contributed by atoms with E-state index in [0.717, 1.165) is 0 Å². The monoisotopic (exact) mass is 515 g/mol. The second kappa shape index (κ2) is 12.1. The minimum Gasteiger partial charge on any atom is -0.492 e. The third kappa shape index (κ3) is 5.78. The van der Waals surface area contributed by atoms with Crippen LogP contribution < -0.4 is 26.4 Å². The minimum absolute atomic E-state index is 0.0908. The Balaban J connectivity index is 2.23. The summed E-state index contributed by atoms with van der Waals surface area (Å²) in [5.74, 6) is -2.36. The van der Waals surface area contributed by atoms with Crippen molar-refractivity contribution in [3.05, 3.63) is 70.5 Å². The second-order valence-electron chi connectivity index (χ2n) is 7.45. The number of carbonyl (C=O) groups is 3. The number of nitrogens with zero attached hydrogens (tertiary/aromatic N) is 2. The van der Waals surface area contributed by atoms with Gasteiger partial charge in [-0.2, -0.15) is 4.37 Å². The molecule has 2 aromatic carbocycles. The van der Waals surface area contributed by atoms with Crippen LogP contribution in [-0.2, 0) is 9.53 Å². The predicted molar refractivity (Wildman–Crippen MR) is 133 cm³/mol. The number of ether oxygens (including phenoxy) is 2. The molecular weight excluding hydrogens is 489 g/mol. The molecule has 0 aliphatic heterocycles. The van der Waals surface area contributed by atoms with Crippen LogP contribution in [0.2, 0.25) is 0 Å². The molecule has 190 valence electrons. The number of primary amides is 1. The number of benzene rings is 2. The zero-order valence-electron chi connectivity index (χ0n) is 19.7. The van der Waals surface area contributed by atoms with Crippen molar-refractivity contribution in [3.63, 3.8) is 0 Å². The second-order valence-corrected chi connectivity index (χ2v) is 8.23. The van der Waals surface area contributed by atoms with Gasteiger partial charge in [0.1, 0.15) is 22.5 Å². The van der Waals surface area contributed by atoms with Crippen LogP contribution in [0.1, 0.15) is 38.7 Å². The lowest BCUT2D eigenvalue weighted by Gasteiger charge is -2.32. The Hall–Kier alpha value is -4.03. The van der Waals surface area contributed by atoms with Crippen LogP contribution in [0.5, 0.6) is 5.75 Å². The maximum Gasteiger partial charge on any atom is 0.273 e. The first-order chi connectivity index (χ1) is 17.3. The number of para-hydroxylation sites is 2. The molecule has 1 heterocycles. The van der Waals surface area contributed by atoms with Crippen molar-refractivity contribution in [1.82, 2.24) is 9.69 Å². The van der Waals surface area contributed by atoms with Crippen molar-refractivity contribution in [1.29, 1.82) is 0 Å². The summed E-state index contributed by atoms with van der Waals surface area (Å²) in [6.07, 6.45) is 0. The number of nitrogens with one attached hydrogen (secondary N) is 1. The summed E-state index contributed by atoms with van der Waals surface area (Å²) in [6.45, 7) is 2.46. The van der Waals surface area contributed by atoms with Crippen LogP contribution in [-0.4, -0.2) is 49.0 Å². The van der Waals surface area contributed by atoms with Gasteiger partial charge in [0.2, 0.25) is 5.91 Å². The van der Waals surface area contributed by atoms with E-state index < -0.39 is 29.6 Å². The van der Waals surface area contributed by atoms with Gasteiger partial charge in [-0.1, -0.05) is 24.3 Å². The summed E-state index contributed by atoms with van der Waals surface area (Å²) in [4.78, 5) is 40.3. The molecule has 0 fully saturated rings. The Morgan fingerprint density at radius 3 is 2.47 bits per heavy atom. The van der Waals surface area contributed by atoms with Crippen LogP contribution in [0.15, 0.2) is 48.5 Å². The highest BCUT2D eigenvalue weighted by atomic mass is 32.1. The Morgan fingerprint density at radius 2 is 1.86 bits per heavy atom. The van der Waals surface area contributed by atoms with Gasteiger partial charge in [-0.15, -0.1) is 0 Å². The quantitative estimate of drug-likeness (QED) is 0.332. The Labute approximate surface area is 211 Å². The van der Waals surface area contributed by atoms with Crippen molar-refractivity contribution >= 4 is 40.6 Å². The molecule has 1 unspecified atom stereocenters. The number of hydrogen-bond donors (Lipinski definition) is 3. The van der Waals surface area contributed by atoms with Gasteiger partial charge in [-0.05, 0) is 48.3 Å². The fourth-order valence-corrected chi connectivity index (χ4v) is 4.22. The van der Waals surface area contributed by atoms with Gasteiger partial charge in [-0.25, -0.2) is 4.39 Å². The van der Waals surface area contributed by atoms with E-state index in [-0.39, 0.29) is 41.7 Å². The van der Waals surface area contributed by atoms with Crippen LogP contribution in [0.25, 0.3) is 0 Å². The first kappa shape index (κ1) is 26.6. The molecule has 0 bridgehead atoms. The lowest BCUT2D eigenvalue weighted by molar-refractivity contribution is -0.122. The van der Waals surface area contributed by atoms with E-state index in [0.29, 0.717) is 22.8 Å². The molecule has 0 aliphatic carbocycles. The van der Waals surface area contributed by atoms with Crippen molar-refractivity contribution in [2.45, 2.75) is 13.0 Å². The minimum atomic E-state index is -1.27. The molecule has 0 saturated heterocycles. The van der Waals surface area contributed by atoms with E-state index in [2.05, 4.69) is 9.69 Å². The van der Waals surface area contributed by atoms with Crippen molar-refractivity contribution in [2.24, 2.45) is 5.73 Å². The Morgan fingerprint density at radius 1 is 1.17 bits per heavy atom. The zero-order valence-corrected chi connectivity index (χ0v) is 20.5. The van der Waals surface area contributed by atoms with E-state index in [4.69, 9.17) is 20.9 Å². The fourth-order valence-electron chi connectivity index (χ4n) is 3.47. The highest BCUT2D eigenvalue weighted by molar-refractivity contribution is 7.09. The molecular formula is C24H26FN5O5S. The number of amides is 3. The molecule has 12 heteroatoms. The topological polar surface area (TPSA) is 150 Å². The maximum atomic E-state index is 14.0. The maximum absolute atomic E-state index is 14.0. The Kier molecular flexibility index (Phi) is 8.92. The average molecular weight is 516 g/mol. The van der Waals surface area contributed by atoms with Crippen LogP contribution >= 0.6 is 11.5 Å². The third-order valence-electron chi connectivity index (χ3n) is 5.10. The Bertz CT molecular complexity index is 1230. The summed E-state index contributed by atoms with van der Waals surface area (Å²) in [5.41, 5.74) is 11.5. The van der Waals surface area contributed by atoms with Crippen molar-refractivity contribution in [3.8, 4) is 5.75 Å². The third-order valence-corrected chi connectivity index (χ3v) is 5.95. The number of carbonyl (C=O) groups excluding carboxylic acids is 3. The summed E-state index contributed by atoms with van der Waals surface area (Å²) >= 11 is 0.683. The molecule has 3 aromatic rings. The lowest BCUT2D eigenvalue weighted by Crippen LogP contribution is -2.45. The van der Waals surface area contributed by atoms with Gasteiger partial charge in [0, 0.05) is 13.7 Å². The van der Waals surface area contributed by atoms with E-state index in [9.17, 15) is 18.8 Å². The van der Waals surface area contributed by atoms with E-state index in [1.54, 1.807) is 31.2 Å². The van der Waals surface area contributed by atoms with Crippen LogP contribution in [0.3, 0.4) is 0 Å². The molecule has 3 amide bonds. The highest BCUT2D eigenvalue weighted by Crippen LogP contribution is 2.38. The number of halogens is 1. The summed E-state index contributed by atoms with van der Waals surface area (Å²) in [6, 6.07) is 10.6. The fraction of sp³-hybridized carbons (Fsp3) is 0.250. The lowest BCUT2D eigenvalue weighted by atomic mass is 10.0. The summed E-state index contributed by atoms with van der Waals surface area (Å²) in [7, 11) is 1.49. The number of nitrogens with two attached hydrogens (primary N) is 2. The molecule has 3 rings (SSSR count). The van der Waals surface area contributed by atoms with E-state index >= 15 is 0 Å². The van der Waals surface area contributed by atoms with Gasteiger partial charge in [0.05, 0.1) is 24.6 Å². The van der Waals surface area contributed by atoms with Gasteiger partial charge in [0.25, 0.3) is 11.8 Å². The molecule has 1 atom stereocenters. The number of anilines is 2. The molecule has 0 saturated carbocycles. The SMILES string of the molecule is CCOc1ccccc1N(C(=O)c1snc(C(N)=O)c1N)C(C(=O)NCCOC)c1ccc(F)cc1. The van der Waals surface area contributed by atoms with Crippen molar-refractivity contribution < 1.29 is 28.2 Å². The van der Waals surface area contributed by atoms with Gasteiger partial charge in [-0.3, -0.25) is 19.3 Å². The van der Waals surface area contributed by atoms with Crippen LogP contribution in [0.4, 0.5) is 15.8 Å². The van der Waals surface area contributed by atoms with Crippen LogP contribution in [0, 0.1) is 5.82 Å². The molecule has 0 spiro atoms. The highest BCUT2D eigenvalue weighted by Gasteiger charge is 2.37. The molecule has 1 aromatic heterocycles. The molecule has 0 radical (unpaired) electrons. The van der Waals surface area contributed by atoms with Crippen molar-refractivity contribution in [2.75, 3.05) is 37.5 Å².